The Hall–Kier alpha value is -1.66. The van der Waals surface area contributed by atoms with Crippen LogP contribution in [-0.2, 0) is 0 Å². The lowest BCUT2D eigenvalue weighted by Crippen LogP contribution is -2.19. The highest BCUT2D eigenvalue weighted by Crippen LogP contribution is 2.65. The molecular formula is C34H46N6P2S2. The van der Waals surface area contributed by atoms with Crippen molar-refractivity contribution in [2.75, 3.05) is 26.2 Å². The van der Waals surface area contributed by atoms with Crippen molar-refractivity contribution < 1.29 is 0 Å². The molecule has 0 spiro atoms. The van der Waals surface area contributed by atoms with Gasteiger partial charge < -0.3 is 0 Å². The second kappa shape index (κ2) is 15.3. The van der Waals surface area contributed by atoms with Gasteiger partial charge in [-0.25, -0.2) is 9.97 Å². The molecule has 44 heavy (non-hydrogen) atoms. The Kier molecular flexibility index (Phi) is 11.2. The molecule has 0 bridgehead atoms. The van der Waals surface area contributed by atoms with Crippen molar-refractivity contribution in [3.8, 4) is 0 Å². The van der Waals surface area contributed by atoms with Crippen LogP contribution < -0.4 is 0 Å². The van der Waals surface area contributed by atoms with Gasteiger partial charge in [-0.2, -0.15) is 0 Å². The maximum Gasteiger partial charge on any atom is 0.178 e. The highest BCUT2D eigenvalue weighted by atomic mass is 32.2. The van der Waals surface area contributed by atoms with E-state index in [1.165, 1.54) is 82.0 Å². The Morgan fingerprint density at radius 1 is 0.591 bits per heavy atom. The Bertz CT molecular complexity index is 1500. The second-order valence-corrected chi connectivity index (χ2v) is 17.9. The molecule has 6 rings (SSSR count). The minimum atomic E-state index is -0.523. The predicted molar refractivity (Wildman–Crippen MR) is 195 cm³/mol. The van der Waals surface area contributed by atoms with Gasteiger partial charge in [0, 0.05) is 35.5 Å². The number of fused-ring (bicyclic) bond motifs is 6. The Labute approximate surface area is 274 Å². The molecular weight excluding hydrogens is 618 g/mol. The van der Waals surface area contributed by atoms with Crippen LogP contribution in [0.5, 0.6) is 0 Å². The van der Waals surface area contributed by atoms with Crippen molar-refractivity contribution >= 4 is 62.0 Å². The van der Waals surface area contributed by atoms with Crippen LogP contribution in [0.1, 0.15) is 79.1 Å². The van der Waals surface area contributed by atoms with Crippen LogP contribution in [0.4, 0.5) is 0 Å². The number of unbranched alkanes of at least 4 members (excludes halogenated alkanes) is 7. The van der Waals surface area contributed by atoms with E-state index in [-0.39, 0.29) is 0 Å². The monoisotopic (exact) mass is 664 g/mol. The third-order valence-electron chi connectivity index (χ3n) is 8.47. The molecule has 0 saturated heterocycles. The van der Waals surface area contributed by atoms with Gasteiger partial charge in [-0.15, -0.1) is 0 Å². The topological polar surface area (TPSA) is 42.1 Å². The van der Waals surface area contributed by atoms with E-state index >= 15 is 0 Å². The van der Waals surface area contributed by atoms with Crippen LogP contribution in [0.2, 0.25) is 0 Å². The summed E-state index contributed by atoms with van der Waals surface area (Å²) < 4.78 is 13.3. The summed E-state index contributed by atoms with van der Waals surface area (Å²) in [5.41, 5.74) is 4.81. The number of thioether (sulfide) groups is 2. The first-order valence-electron chi connectivity index (χ1n) is 16.5. The summed E-state index contributed by atoms with van der Waals surface area (Å²) in [5.74, 6) is 0. The number of para-hydroxylation sites is 4. The summed E-state index contributed by atoms with van der Waals surface area (Å²) in [4.78, 5) is 9.94. The smallest absolute Gasteiger partial charge is 0.178 e. The molecule has 2 aliphatic rings. The van der Waals surface area contributed by atoms with Crippen LogP contribution in [0, 0.1) is 0 Å². The fourth-order valence-corrected chi connectivity index (χ4v) is 14.9. The molecule has 4 heterocycles. The van der Waals surface area contributed by atoms with Gasteiger partial charge in [0.25, 0.3) is 0 Å². The summed E-state index contributed by atoms with van der Waals surface area (Å²) in [6, 6.07) is 17.2. The first kappa shape index (κ1) is 32.3. The van der Waals surface area contributed by atoms with E-state index in [1.54, 1.807) is 0 Å². The molecule has 0 saturated carbocycles. The molecule has 0 aliphatic carbocycles. The first-order chi connectivity index (χ1) is 21.7. The van der Waals surface area contributed by atoms with Gasteiger partial charge >= 0.3 is 0 Å². The number of hydrogen-bond donors (Lipinski definition) is 0. The Balaban J connectivity index is 0.963. The molecule has 10 heteroatoms. The molecule has 2 aromatic carbocycles. The number of rotatable bonds is 15. The number of aromatic nitrogens is 4. The zero-order valence-electron chi connectivity index (χ0n) is 26.7. The van der Waals surface area contributed by atoms with Crippen molar-refractivity contribution in [1.29, 1.82) is 0 Å². The molecule has 0 radical (unpaired) electrons. The largest absolute Gasteiger partial charge is 0.279 e. The molecule has 0 amide bonds. The second-order valence-electron chi connectivity index (χ2n) is 11.2. The summed E-state index contributed by atoms with van der Waals surface area (Å²) >= 11 is 3.81. The molecule has 6 nitrogen and oxygen atoms in total. The van der Waals surface area contributed by atoms with Gasteiger partial charge in [0.1, 0.15) is 16.4 Å². The maximum atomic E-state index is 4.97. The van der Waals surface area contributed by atoms with Gasteiger partial charge in [-0.3, -0.25) is 18.0 Å². The standard InChI is InChI=1S/C34H46N6P2S2/c1-5-37(6-2)41-31(43-33-35-27-21-17-19-23-29(27)39(33)41)25-15-13-11-9-10-12-14-16-26-32-42(38(7-3)8-4)40-30-24-20-18-22-28(30)36-34(40)44-32/h17-26H,5-16H2,1-4H3/b31-25+,32-26+. The van der Waals surface area contributed by atoms with E-state index in [1.807, 2.05) is 23.5 Å². The van der Waals surface area contributed by atoms with Crippen molar-refractivity contribution in [2.45, 2.75) is 89.4 Å². The van der Waals surface area contributed by atoms with E-state index in [2.05, 4.69) is 106 Å². The lowest BCUT2D eigenvalue weighted by molar-refractivity contribution is 0.504. The van der Waals surface area contributed by atoms with Gasteiger partial charge in [0.2, 0.25) is 0 Å². The number of allylic oxidation sites excluding steroid dienone is 2. The van der Waals surface area contributed by atoms with Crippen molar-refractivity contribution in [3.63, 3.8) is 0 Å². The van der Waals surface area contributed by atoms with E-state index in [4.69, 9.17) is 9.97 Å². The highest BCUT2D eigenvalue weighted by molar-refractivity contribution is 8.11. The molecule has 4 aromatic rings. The molecule has 2 unspecified atom stereocenters. The lowest BCUT2D eigenvalue weighted by atomic mass is 10.1. The van der Waals surface area contributed by atoms with Crippen LogP contribution in [0.15, 0.2) is 80.3 Å². The summed E-state index contributed by atoms with van der Waals surface area (Å²) in [6.07, 6.45) is 15.3. The van der Waals surface area contributed by atoms with Gasteiger partial charge in [0.05, 0.1) is 22.1 Å². The molecule has 2 aromatic heterocycles. The van der Waals surface area contributed by atoms with E-state index in [0.29, 0.717) is 0 Å². The average Bonchev–Trinajstić information content (AvgIpc) is 3.78. The molecule has 2 aliphatic heterocycles. The lowest BCUT2D eigenvalue weighted by Gasteiger charge is -2.28. The van der Waals surface area contributed by atoms with Crippen molar-refractivity contribution in [2.24, 2.45) is 0 Å². The average molecular weight is 665 g/mol. The molecule has 2 atom stereocenters. The molecule has 0 N–H and O–H groups in total. The summed E-state index contributed by atoms with van der Waals surface area (Å²) in [5, 5.41) is 2.34. The molecule has 234 valence electrons. The Morgan fingerprint density at radius 3 is 1.39 bits per heavy atom. The maximum absolute atomic E-state index is 4.97. The van der Waals surface area contributed by atoms with E-state index in [9.17, 15) is 0 Å². The van der Waals surface area contributed by atoms with Crippen LogP contribution >= 0.6 is 40.0 Å². The third-order valence-corrected chi connectivity index (χ3v) is 16.9. The Morgan fingerprint density at radius 2 is 0.977 bits per heavy atom. The van der Waals surface area contributed by atoms with Crippen LogP contribution in [0.3, 0.4) is 0 Å². The van der Waals surface area contributed by atoms with Gasteiger partial charge in [0.15, 0.2) is 10.3 Å². The molecule has 0 fully saturated rings. The summed E-state index contributed by atoms with van der Waals surface area (Å²) in [7, 11) is -1.05. The fraction of sp³-hybridized carbons (Fsp3) is 0.471. The van der Waals surface area contributed by atoms with Crippen LogP contribution in [-0.4, -0.2) is 54.2 Å². The van der Waals surface area contributed by atoms with E-state index < -0.39 is 16.4 Å². The summed E-state index contributed by atoms with van der Waals surface area (Å²) in [6.45, 7) is 13.4. The van der Waals surface area contributed by atoms with Crippen LogP contribution in [0.25, 0.3) is 22.1 Å². The first-order valence-corrected chi connectivity index (χ1v) is 20.6. The quantitative estimate of drug-likeness (QED) is 0.0931. The SMILES string of the molecule is CCN(CC)P1/C(=C\CCCCCCCC/C=C2/Sc3nc4ccccc4n3P2N(CC)CC)Sc2nc3ccccc3n21. The number of hydrogen-bond acceptors (Lipinski definition) is 6. The number of benzene rings is 2. The fourth-order valence-electron chi connectivity index (χ4n) is 6.15. The third kappa shape index (κ3) is 6.59. The van der Waals surface area contributed by atoms with E-state index in [0.717, 1.165) is 37.2 Å². The van der Waals surface area contributed by atoms with Gasteiger partial charge in [-0.1, -0.05) is 89.8 Å². The minimum Gasteiger partial charge on any atom is -0.279 e. The number of nitrogens with zero attached hydrogens (tertiary/aromatic N) is 6. The number of imidazole rings is 2. The van der Waals surface area contributed by atoms with Crippen molar-refractivity contribution in [1.82, 2.24) is 28.0 Å². The minimum absolute atomic E-state index is 0.523. The predicted octanol–water partition coefficient (Wildman–Crippen LogP) is 11.1. The van der Waals surface area contributed by atoms with Crippen molar-refractivity contribution in [3.05, 3.63) is 70.0 Å². The highest BCUT2D eigenvalue weighted by Gasteiger charge is 2.36. The zero-order chi connectivity index (χ0) is 30.5. The normalized spacial score (nSPS) is 19.9. The zero-order valence-corrected chi connectivity index (χ0v) is 30.1. The van der Waals surface area contributed by atoms with Gasteiger partial charge in [-0.05, 0) is 73.5 Å².